The van der Waals surface area contributed by atoms with Crippen molar-refractivity contribution < 1.29 is 8.42 Å². The minimum absolute atomic E-state index is 0.238. The van der Waals surface area contributed by atoms with Crippen molar-refractivity contribution in [2.75, 3.05) is 25.4 Å². The minimum atomic E-state index is -3.07. The van der Waals surface area contributed by atoms with Gasteiger partial charge in [0.15, 0.2) is 0 Å². The molecule has 0 aromatic heterocycles. The van der Waals surface area contributed by atoms with Gasteiger partial charge in [0.1, 0.15) is 0 Å². The van der Waals surface area contributed by atoms with Gasteiger partial charge in [-0.3, -0.25) is 0 Å². The van der Waals surface area contributed by atoms with E-state index in [1.807, 2.05) is 6.92 Å². The number of hydrogen-bond donors (Lipinski definition) is 2. The lowest BCUT2D eigenvalue weighted by Gasteiger charge is -2.26. The Morgan fingerprint density at radius 3 is 2.72 bits per heavy atom. The van der Waals surface area contributed by atoms with Crippen LogP contribution in [0.3, 0.4) is 0 Å². The first-order chi connectivity index (χ1) is 8.53. The average Bonchev–Trinajstić information content (AvgIpc) is 2.33. The van der Waals surface area contributed by atoms with Crippen LogP contribution in [0.15, 0.2) is 0 Å². The zero-order valence-electron chi connectivity index (χ0n) is 11.7. The van der Waals surface area contributed by atoms with E-state index in [4.69, 9.17) is 0 Å². The molecule has 0 bridgehead atoms. The molecule has 4 nitrogen and oxygen atoms in total. The maximum absolute atomic E-state index is 11.8. The van der Waals surface area contributed by atoms with Gasteiger partial charge in [0.25, 0.3) is 0 Å². The second kappa shape index (κ2) is 8.12. The highest BCUT2D eigenvalue weighted by atomic mass is 32.2. The maximum atomic E-state index is 11.8. The van der Waals surface area contributed by atoms with Crippen LogP contribution in [0.2, 0.25) is 0 Å². The van der Waals surface area contributed by atoms with Crippen LogP contribution in [0.1, 0.15) is 46.0 Å². The lowest BCUT2D eigenvalue weighted by molar-refractivity contribution is 0.283. The third-order valence-electron chi connectivity index (χ3n) is 3.65. The van der Waals surface area contributed by atoms with Gasteiger partial charge in [-0.2, -0.15) is 0 Å². The molecule has 0 aromatic rings. The second-order valence-electron chi connectivity index (χ2n) is 5.51. The highest BCUT2D eigenvalue weighted by Crippen LogP contribution is 2.27. The monoisotopic (exact) mass is 276 g/mol. The van der Waals surface area contributed by atoms with Crippen LogP contribution in [0.5, 0.6) is 0 Å². The van der Waals surface area contributed by atoms with E-state index in [0.717, 1.165) is 19.0 Å². The van der Waals surface area contributed by atoms with Gasteiger partial charge in [0, 0.05) is 6.54 Å². The standard InChI is InChI=1S/C13H28N2O2S/c1-3-14-8-5-9-18(16,17)15-11-13-7-4-6-12(2)10-13/h12-15H,3-11H2,1-2H3. The number of rotatable bonds is 8. The summed E-state index contributed by atoms with van der Waals surface area (Å²) >= 11 is 0. The third kappa shape index (κ3) is 6.71. The van der Waals surface area contributed by atoms with Crippen LogP contribution >= 0.6 is 0 Å². The van der Waals surface area contributed by atoms with Gasteiger partial charge < -0.3 is 5.32 Å². The number of nitrogens with one attached hydrogen (secondary N) is 2. The Balaban J connectivity index is 2.19. The molecule has 18 heavy (non-hydrogen) atoms. The summed E-state index contributed by atoms with van der Waals surface area (Å²) < 4.78 is 26.3. The van der Waals surface area contributed by atoms with Crippen molar-refractivity contribution in [2.24, 2.45) is 11.8 Å². The Morgan fingerprint density at radius 1 is 1.28 bits per heavy atom. The summed E-state index contributed by atoms with van der Waals surface area (Å²) in [6.45, 7) is 6.59. The molecule has 108 valence electrons. The summed E-state index contributed by atoms with van der Waals surface area (Å²) in [5.41, 5.74) is 0. The molecular weight excluding hydrogens is 248 g/mol. The van der Waals surface area contributed by atoms with E-state index in [-0.39, 0.29) is 5.75 Å². The molecule has 0 spiro atoms. The predicted molar refractivity (Wildman–Crippen MR) is 76.1 cm³/mol. The largest absolute Gasteiger partial charge is 0.317 e. The molecule has 2 unspecified atom stereocenters. The summed E-state index contributed by atoms with van der Waals surface area (Å²) in [5.74, 6) is 1.53. The minimum Gasteiger partial charge on any atom is -0.317 e. The van der Waals surface area contributed by atoms with Gasteiger partial charge in [-0.25, -0.2) is 13.1 Å². The smallest absolute Gasteiger partial charge is 0.211 e. The molecule has 1 saturated carbocycles. The first-order valence-electron chi connectivity index (χ1n) is 7.21. The summed E-state index contributed by atoms with van der Waals surface area (Å²) in [4.78, 5) is 0. The van der Waals surface area contributed by atoms with Crippen LogP contribution in [0, 0.1) is 11.8 Å². The fourth-order valence-corrected chi connectivity index (χ4v) is 3.78. The molecule has 1 aliphatic carbocycles. The predicted octanol–water partition coefficient (Wildman–Crippen LogP) is 1.73. The Hall–Kier alpha value is -0.130. The quantitative estimate of drug-likeness (QED) is 0.664. The molecular formula is C13H28N2O2S. The molecule has 0 aromatic carbocycles. The molecule has 0 heterocycles. The highest BCUT2D eigenvalue weighted by Gasteiger charge is 2.20. The molecule has 1 rings (SSSR count). The first-order valence-corrected chi connectivity index (χ1v) is 8.86. The summed E-state index contributed by atoms with van der Waals surface area (Å²) in [7, 11) is -3.07. The molecule has 1 fully saturated rings. The van der Waals surface area contributed by atoms with Crippen LogP contribution in [0.4, 0.5) is 0 Å². The van der Waals surface area contributed by atoms with E-state index in [1.165, 1.54) is 25.7 Å². The second-order valence-corrected chi connectivity index (χ2v) is 7.44. The van der Waals surface area contributed by atoms with Crippen LogP contribution in [-0.4, -0.2) is 33.8 Å². The normalized spacial score (nSPS) is 25.2. The van der Waals surface area contributed by atoms with Crippen LogP contribution in [-0.2, 0) is 10.0 Å². The Morgan fingerprint density at radius 2 is 2.06 bits per heavy atom. The summed E-state index contributed by atoms with van der Waals surface area (Å²) in [6, 6.07) is 0. The van der Waals surface area contributed by atoms with Crippen molar-refractivity contribution in [2.45, 2.75) is 46.0 Å². The van der Waals surface area contributed by atoms with Crippen LogP contribution in [0.25, 0.3) is 0 Å². The Bertz CT molecular complexity index is 317. The van der Waals surface area contributed by atoms with Gasteiger partial charge in [0.05, 0.1) is 5.75 Å². The lowest BCUT2D eigenvalue weighted by atomic mass is 9.83. The van der Waals surface area contributed by atoms with E-state index >= 15 is 0 Å². The van der Waals surface area contributed by atoms with E-state index in [9.17, 15) is 8.42 Å². The molecule has 0 saturated heterocycles. The molecule has 1 aliphatic rings. The Kier molecular flexibility index (Phi) is 7.19. The van der Waals surface area contributed by atoms with Crippen molar-refractivity contribution in [1.82, 2.24) is 10.0 Å². The zero-order valence-corrected chi connectivity index (χ0v) is 12.6. The van der Waals surface area contributed by atoms with E-state index in [2.05, 4.69) is 17.0 Å². The lowest BCUT2D eigenvalue weighted by Crippen LogP contribution is -2.33. The topological polar surface area (TPSA) is 58.2 Å². The summed E-state index contributed by atoms with van der Waals surface area (Å²) in [6.07, 6.45) is 5.56. The van der Waals surface area contributed by atoms with Crippen molar-refractivity contribution >= 4 is 10.0 Å². The number of hydrogen-bond acceptors (Lipinski definition) is 3. The number of sulfonamides is 1. The SMILES string of the molecule is CCNCCCS(=O)(=O)NCC1CCCC(C)C1. The van der Waals surface area contributed by atoms with E-state index in [0.29, 0.717) is 18.9 Å². The van der Waals surface area contributed by atoms with Gasteiger partial charge in [-0.05, 0) is 44.2 Å². The third-order valence-corrected chi connectivity index (χ3v) is 5.09. The maximum Gasteiger partial charge on any atom is 0.211 e. The molecule has 5 heteroatoms. The van der Waals surface area contributed by atoms with Crippen LogP contribution < -0.4 is 10.0 Å². The molecule has 2 atom stereocenters. The van der Waals surface area contributed by atoms with Gasteiger partial charge >= 0.3 is 0 Å². The van der Waals surface area contributed by atoms with Crippen molar-refractivity contribution in [3.63, 3.8) is 0 Å². The molecule has 2 N–H and O–H groups in total. The fraction of sp³-hybridized carbons (Fsp3) is 1.00. The highest BCUT2D eigenvalue weighted by molar-refractivity contribution is 7.89. The van der Waals surface area contributed by atoms with Crippen molar-refractivity contribution in [1.29, 1.82) is 0 Å². The Labute approximate surface area is 112 Å². The molecule has 0 aliphatic heterocycles. The first kappa shape index (κ1) is 15.9. The fourth-order valence-electron chi connectivity index (χ4n) is 2.63. The molecule has 0 amide bonds. The van der Waals surface area contributed by atoms with Crippen molar-refractivity contribution in [3.05, 3.63) is 0 Å². The van der Waals surface area contributed by atoms with E-state index in [1.54, 1.807) is 0 Å². The van der Waals surface area contributed by atoms with Crippen molar-refractivity contribution in [3.8, 4) is 0 Å². The zero-order chi connectivity index (χ0) is 13.4. The average molecular weight is 276 g/mol. The summed E-state index contributed by atoms with van der Waals surface area (Å²) in [5, 5.41) is 3.14. The molecule has 0 radical (unpaired) electrons. The van der Waals surface area contributed by atoms with Gasteiger partial charge in [-0.15, -0.1) is 0 Å². The van der Waals surface area contributed by atoms with Gasteiger partial charge in [-0.1, -0.05) is 26.7 Å². The van der Waals surface area contributed by atoms with E-state index < -0.39 is 10.0 Å². The van der Waals surface area contributed by atoms with Gasteiger partial charge in [0.2, 0.25) is 10.0 Å².